The summed E-state index contributed by atoms with van der Waals surface area (Å²) in [7, 11) is 0. The Morgan fingerprint density at radius 3 is 2.77 bits per heavy atom. The second-order valence-electron chi connectivity index (χ2n) is 7.87. The molecule has 3 heterocycles. The highest BCUT2D eigenvalue weighted by atomic mass is 19.1. The molecule has 2 aromatic heterocycles. The lowest BCUT2D eigenvalue weighted by Crippen LogP contribution is -2.38. The molecule has 0 bridgehead atoms. The number of nitrogens with one attached hydrogen (secondary N) is 1. The fourth-order valence-corrected chi connectivity index (χ4v) is 3.74. The van der Waals surface area contributed by atoms with Crippen molar-refractivity contribution >= 4 is 11.7 Å². The zero-order valence-corrected chi connectivity index (χ0v) is 17.8. The largest absolute Gasteiger partial charge is 0.345 e. The number of nitrogens with zero attached hydrogens (tertiary/aromatic N) is 5. The number of allylic oxidation sites excluding steroid dienone is 1. The van der Waals surface area contributed by atoms with Gasteiger partial charge in [0.1, 0.15) is 11.6 Å². The number of piperidine rings is 1. The summed E-state index contributed by atoms with van der Waals surface area (Å²) in [5, 5.41) is 11.8. The van der Waals surface area contributed by atoms with Gasteiger partial charge in [-0.05, 0) is 56.9 Å². The van der Waals surface area contributed by atoms with Crippen LogP contribution in [-0.2, 0) is 0 Å². The van der Waals surface area contributed by atoms with Gasteiger partial charge in [-0.1, -0.05) is 18.6 Å². The fraction of sp³-hybridized carbons (Fsp3) is 0.304. The second-order valence-corrected chi connectivity index (χ2v) is 7.87. The molecular formula is C23H25FN6O. The molecule has 1 aromatic carbocycles. The molecule has 1 aliphatic heterocycles. The highest BCUT2D eigenvalue weighted by Gasteiger charge is 2.29. The number of aromatic nitrogens is 4. The Labute approximate surface area is 180 Å². The lowest BCUT2D eigenvalue weighted by Gasteiger charge is -2.34. The molecule has 1 atom stereocenters. The lowest BCUT2D eigenvalue weighted by molar-refractivity contribution is 0.0761. The first-order valence-electron chi connectivity index (χ1n) is 10.3. The Morgan fingerprint density at radius 1 is 1.23 bits per heavy atom. The van der Waals surface area contributed by atoms with Crippen molar-refractivity contribution in [3.05, 3.63) is 77.3 Å². The first kappa shape index (κ1) is 20.7. The molecule has 31 heavy (non-hydrogen) atoms. The van der Waals surface area contributed by atoms with Crippen LogP contribution in [0.1, 0.15) is 41.4 Å². The Bertz CT molecular complexity index is 1120. The van der Waals surface area contributed by atoms with Gasteiger partial charge in [-0.25, -0.2) is 9.37 Å². The molecule has 0 radical (unpaired) electrons. The molecule has 1 unspecified atom stereocenters. The van der Waals surface area contributed by atoms with Crippen LogP contribution in [0.25, 0.3) is 5.69 Å². The third-order valence-corrected chi connectivity index (χ3v) is 5.38. The monoisotopic (exact) mass is 420 g/mol. The highest BCUT2D eigenvalue weighted by Crippen LogP contribution is 2.30. The van der Waals surface area contributed by atoms with Gasteiger partial charge >= 0.3 is 0 Å². The van der Waals surface area contributed by atoms with E-state index >= 15 is 0 Å². The van der Waals surface area contributed by atoms with Crippen LogP contribution < -0.4 is 5.32 Å². The summed E-state index contributed by atoms with van der Waals surface area (Å²) in [5.41, 5.74) is 3.84. The Kier molecular flexibility index (Phi) is 5.79. The van der Waals surface area contributed by atoms with Crippen LogP contribution in [0.2, 0.25) is 0 Å². The van der Waals surface area contributed by atoms with Crippen LogP contribution in [-0.4, -0.2) is 37.3 Å². The predicted molar refractivity (Wildman–Crippen MR) is 116 cm³/mol. The predicted octanol–water partition coefficient (Wildman–Crippen LogP) is 4.24. The maximum absolute atomic E-state index is 13.7. The number of anilines is 1. The molecule has 160 valence electrons. The van der Waals surface area contributed by atoms with E-state index in [9.17, 15) is 9.18 Å². The van der Waals surface area contributed by atoms with Crippen molar-refractivity contribution in [2.75, 3.05) is 11.9 Å². The maximum atomic E-state index is 13.7. The van der Waals surface area contributed by atoms with Crippen molar-refractivity contribution < 1.29 is 9.18 Å². The van der Waals surface area contributed by atoms with E-state index in [1.165, 1.54) is 10.9 Å². The van der Waals surface area contributed by atoms with Gasteiger partial charge in [-0.3, -0.25) is 4.79 Å². The van der Waals surface area contributed by atoms with Crippen LogP contribution >= 0.6 is 0 Å². The van der Waals surface area contributed by atoms with E-state index in [1.807, 2.05) is 32.0 Å². The van der Waals surface area contributed by atoms with Crippen LogP contribution in [0.3, 0.4) is 0 Å². The van der Waals surface area contributed by atoms with Crippen molar-refractivity contribution in [2.45, 2.75) is 33.6 Å². The zero-order valence-electron chi connectivity index (χ0n) is 17.8. The van der Waals surface area contributed by atoms with E-state index in [0.29, 0.717) is 23.6 Å². The molecule has 0 saturated carbocycles. The zero-order chi connectivity index (χ0) is 22.0. The third-order valence-electron chi connectivity index (χ3n) is 5.38. The Morgan fingerprint density at radius 2 is 2.06 bits per heavy atom. The number of halogens is 1. The van der Waals surface area contributed by atoms with Crippen molar-refractivity contribution in [1.82, 2.24) is 24.9 Å². The average molecular weight is 420 g/mol. The first-order chi connectivity index (χ1) is 14.9. The first-order valence-corrected chi connectivity index (χ1v) is 10.3. The quantitative estimate of drug-likeness (QED) is 0.683. The molecule has 3 aromatic rings. The van der Waals surface area contributed by atoms with E-state index in [2.05, 4.69) is 27.4 Å². The van der Waals surface area contributed by atoms with E-state index in [1.54, 1.807) is 23.4 Å². The number of carbonyl (C=O) groups is 1. The molecule has 7 nitrogen and oxygen atoms in total. The van der Waals surface area contributed by atoms with Gasteiger partial charge in [-0.2, -0.15) is 15.0 Å². The summed E-state index contributed by atoms with van der Waals surface area (Å²) in [6, 6.07) is 8.61. The average Bonchev–Trinajstić information content (AvgIpc) is 3.19. The lowest BCUT2D eigenvalue weighted by atomic mass is 9.95. The molecule has 0 aliphatic carbocycles. The minimum absolute atomic E-state index is 0.0969. The van der Waals surface area contributed by atoms with E-state index in [4.69, 9.17) is 0 Å². The van der Waals surface area contributed by atoms with Crippen LogP contribution in [0.15, 0.2) is 54.6 Å². The van der Waals surface area contributed by atoms with Gasteiger partial charge in [0.15, 0.2) is 0 Å². The van der Waals surface area contributed by atoms with Gasteiger partial charge in [-0.15, -0.1) is 0 Å². The number of aryl methyl sites for hydroxylation is 2. The van der Waals surface area contributed by atoms with Crippen molar-refractivity contribution in [3.8, 4) is 5.69 Å². The summed E-state index contributed by atoms with van der Waals surface area (Å²) < 4.78 is 13.1. The number of likely N-dealkylation sites (tertiary alicyclic amines) is 1. The molecule has 8 heteroatoms. The summed E-state index contributed by atoms with van der Waals surface area (Å²) in [5.74, 6) is 0.214. The van der Waals surface area contributed by atoms with Gasteiger partial charge in [0.25, 0.3) is 5.91 Å². The number of pyridine rings is 1. The SMILES string of the molecule is Cc1ccc(-n2ncc(C)n2)c(C(=O)N2CCCC(C)/C2=C\Nc2ccc(F)cn2)c1. The highest BCUT2D eigenvalue weighted by molar-refractivity contribution is 5.99. The smallest absolute Gasteiger partial charge is 0.260 e. The van der Waals surface area contributed by atoms with Gasteiger partial charge in [0.05, 0.1) is 29.3 Å². The number of amides is 1. The van der Waals surface area contributed by atoms with Crippen LogP contribution in [0.4, 0.5) is 10.2 Å². The fourth-order valence-electron chi connectivity index (χ4n) is 3.74. The van der Waals surface area contributed by atoms with Crippen LogP contribution in [0.5, 0.6) is 0 Å². The van der Waals surface area contributed by atoms with Crippen molar-refractivity contribution in [1.29, 1.82) is 0 Å². The summed E-state index contributed by atoms with van der Waals surface area (Å²) >= 11 is 0. The molecule has 1 aliphatic rings. The normalized spacial score (nSPS) is 17.7. The van der Waals surface area contributed by atoms with E-state index in [0.717, 1.165) is 36.0 Å². The molecule has 1 amide bonds. The van der Waals surface area contributed by atoms with Crippen molar-refractivity contribution in [2.24, 2.45) is 5.92 Å². The molecular weight excluding hydrogens is 395 g/mol. The summed E-state index contributed by atoms with van der Waals surface area (Å²) in [6.45, 7) is 6.54. The topological polar surface area (TPSA) is 75.9 Å². The summed E-state index contributed by atoms with van der Waals surface area (Å²) in [4.78, 5) is 21.0. The number of benzene rings is 1. The number of hydrogen-bond donors (Lipinski definition) is 1. The van der Waals surface area contributed by atoms with Gasteiger partial charge < -0.3 is 10.2 Å². The number of hydrogen-bond acceptors (Lipinski definition) is 5. The van der Waals surface area contributed by atoms with E-state index in [-0.39, 0.29) is 11.8 Å². The van der Waals surface area contributed by atoms with E-state index < -0.39 is 5.82 Å². The van der Waals surface area contributed by atoms with Crippen LogP contribution in [0, 0.1) is 25.6 Å². The molecule has 0 spiro atoms. The number of carbonyl (C=O) groups excluding carboxylic acids is 1. The van der Waals surface area contributed by atoms with Gasteiger partial charge in [0, 0.05) is 18.4 Å². The molecule has 1 fully saturated rings. The number of rotatable bonds is 4. The summed E-state index contributed by atoms with van der Waals surface area (Å²) in [6.07, 6.45) is 6.52. The van der Waals surface area contributed by atoms with Crippen molar-refractivity contribution in [3.63, 3.8) is 0 Å². The third kappa shape index (κ3) is 4.47. The standard InChI is InChI=1S/C23H25FN6O/c1-15-6-8-20(30-27-12-17(3)28-30)19(11-15)23(31)29-10-4-5-16(2)21(29)14-26-22-9-7-18(24)13-25-22/h6-9,11-14,16H,4-5,10H2,1-3H3,(H,25,26)/b21-14+. The maximum Gasteiger partial charge on any atom is 0.260 e. The van der Waals surface area contributed by atoms with Gasteiger partial charge in [0.2, 0.25) is 0 Å². The Hall–Kier alpha value is -3.55. The molecule has 4 rings (SSSR count). The minimum atomic E-state index is -0.393. The minimum Gasteiger partial charge on any atom is -0.345 e. The second kappa shape index (κ2) is 8.67. The molecule has 1 N–H and O–H groups in total. The molecule has 1 saturated heterocycles. The Balaban J connectivity index is 1.68.